The highest BCUT2D eigenvalue weighted by molar-refractivity contribution is 7.87. The van der Waals surface area contributed by atoms with Gasteiger partial charge in [-0.25, -0.2) is 4.72 Å². The quantitative estimate of drug-likeness (QED) is 0.329. The van der Waals surface area contributed by atoms with Gasteiger partial charge in [-0.3, -0.25) is 19.4 Å². The van der Waals surface area contributed by atoms with Crippen molar-refractivity contribution >= 4 is 39.6 Å². The van der Waals surface area contributed by atoms with Crippen molar-refractivity contribution in [3.8, 4) is 0 Å². The van der Waals surface area contributed by atoms with Gasteiger partial charge in [-0.05, 0) is 48.6 Å². The fraction of sp³-hybridized carbons (Fsp3) is 0.200. The Labute approximate surface area is 179 Å². The second-order valence-corrected chi connectivity index (χ2v) is 8.24. The normalized spacial score (nSPS) is 14.8. The summed E-state index contributed by atoms with van der Waals surface area (Å²) in [5, 5.41) is 5.30. The van der Waals surface area contributed by atoms with Crippen LogP contribution in [0.3, 0.4) is 0 Å². The molecule has 10 nitrogen and oxygen atoms in total. The number of rotatable bonds is 6. The lowest BCUT2D eigenvalue weighted by Crippen LogP contribution is -2.53. The van der Waals surface area contributed by atoms with Crippen molar-refractivity contribution in [1.29, 1.82) is 0 Å². The Morgan fingerprint density at radius 3 is 2.35 bits per heavy atom. The molecule has 1 aliphatic heterocycles. The van der Waals surface area contributed by atoms with Crippen molar-refractivity contribution < 1.29 is 22.8 Å². The van der Waals surface area contributed by atoms with E-state index in [1.54, 1.807) is 35.2 Å². The molecule has 0 atom stereocenters. The fourth-order valence-corrected chi connectivity index (χ4v) is 3.87. The maximum Gasteiger partial charge on any atom is 0.324 e. The van der Waals surface area contributed by atoms with Crippen LogP contribution in [0.1, 0.15) is 16.1 Å². The van der Waals surface area contributed by atoms with Crippen LogP contribution in [0.4, 0.5) is 5.69 Å². The van der Waals surface area contributed by atoms with Gasteiger partial charge in [0, 0.05) is 43.6 Å². The average Bonchev–Trinajstić information content (AvgIpc) is 2.79. The van der Waals surface area contributed by atoms with E-state index in [2.05, 4.69) is 15.6 Å². The molecule has 1 saturated heterocycles. The standard InChI is InChI=1S/C20H21N5O5S/c26-18(9-8-16-3-1-2-10-22-16)15-4-6-17(7-5-15)23-19(27)20(28)24-31(29,30)25-13-11-21-12-14-25/h1-10,21H,11-14H2,(H,23,27)(H,24,28). The third kappa shape index (κ3) is 6.28. The zero-order valence-electron chi connectivity index (χ0n) is 16.4. The molecule has 11 heteroatoms. The van der Waals surface area contributed by atoms with E-state index in [-0.39, 0.29) is 24.6 Å². The highest BCUT2D eigenvalue weighted by Gasteiger charge is 2.28. The number of allylic oxidation sites excluding steroid dienone is 1. The van der Waals surface area contributed by atoms with Crippen molar-refractivity contribution in [2.24, 2.45) is 0 Å². The molecule has 3 N–H and O–H groups in total. The molecule has 0 radical (unpaired) electrons. The number of nitrogens with zero attached hydrogens (tertiary/aromatic N) is 2. The smallest absolute Gasteiger partial charge is 0.318 e. The molecular weight excluding hydrogens is 422 g/mol. The molecule has 162 valence electrons. The van der Waals surface area contributed by atoms with E-state index < -0.39 is 22.0 Å². The number of aromatic nitrogens is 1. The number of carbonyl (C=O) groups is 3. The molecule has 0 aliphatic carbocycles. The molecule has 0 spiro atoms. The summed E-state index contributed by atoms with van der Waals surface area (Å²) in [6.45, 7) is 1.33. The van der Waals surface area contributed by atoms with Crippen molar-refractivity contribution in [1.82, 2.24) is 19.3 Å². The first-order valence-electron chi connectivity index (χ1n) is 9.42. The van der Waals surface area contributed by atoms with Crippen LogP contribution in [-0.4, -0.2) is 61.5 Å². The molecule has 1 aromatic heterocycles. The van der Waals surface area contributed by atoms with Gasteiger partial charge in [0.2, 0.25) is 0 Å². The van der Waals surface area contributed by atoms with Gasteiger partial charge in [0.15, 0.2) is 5.78 Å². The number of carbonyl (C=O) groups excluding carboxylic acids is 3. The van der Waals surface area contributed by atoms with E-state index in [9.17, 15) is 22.8 Å². The highest BCUT2D eigenvalue weighted by Crippen LogP contribution is 2.11. The second kappa shape index (κ2) is 10.1. The molecular formula is C20H21N5O5S. The van der Waals surface area contributed by atoms with Crippen LogP contribution in [0.5, 0.6) is 0 Å². The topological polar surface area (TPSA) is 138 Å². The monoisotopic (exact) mass is 443 g/mol. The number of hydrogen-bond acceptors (Lipinski definition) is 7. The maximum atomic E-state index is 12.2. The molecule has 3 rings (SSSR count). The van der Waals surface area contributed by atoms with E-state index in [0.717, 1.165) is 4.31 Å². The minimum absolute atomic E-state index is 0.203. The lowest BCUT2D eigenvalue weighted by atomic mass is 10.1. The lowest BCUT2D eigenvalue weighted by molar-refractivity contribution is -0.135. The van der Waals surface area contributed by atoms with E-state index >= 15 is 0 Å². The number of benzene rings is 1. The predicted octanol–water partition coefficient (Wildman–Crippen LogP) is 0.182. The molecule has 1 aliphatic rings. The number of amides is 2. The lowest BCUT2D eigenvalue weighted by Gasteiger charge is -2.26. The number of ketones is 1. The molecule has 0 saturated carbocycles. The SMILES string of the molecule is O=C(Nc1ccc(C(=O)C=Cc2ccccn2)cc1)C(=O)NS(=O)(=O)N1CCNCC1. The van der Waals surface area contributed by atoms with Gasteiger partial charge < -0.3 is 10.6 Å². The van der Waals surface area contributed by atoms with E-state index in [0.29, 0.717) is 24.3 Å². The summed E-state index contributed by atoms with van der Waals surface area (Å²) in [7, 11) is -4.09. The van der Waals surface area contributed by atoms with Crippen LogP contribution in [-0.2, 0) is 19.8 Å². The Kier molecular flexibility index (Phi) is 7.23. The Balaban J connectivity index is 1.56. The van der Waals surface area contributed by atoms with Crippen molar-refractivity contribution in [2.75, 3.05) is 31.5 Å². The van der Waals surface area contributed by atoms with E-state index in [1.165, 1.54) is 30.3 Å². The summed E-state index contributed by atoms with van der Waals surface area (Å²) in [5.41, 5.74) is 1.25. The third-order valence-corrected chi connectivity index (χ3v) is 5.85. The molecule has 2 amide bonds. The number of pyridine rings is 1. The zero-order chi connectivity index (χ0) is 22.3. The Morgan fingerprint density at radius 1 is 1.00 bits per heavy atom. The summed E-state index contributed by atoms with van der Waals surface area (Å²) in [6, 6.07) is 11.2. The minimum atomic E-state index is -4.09. The summed E-state index contributed by atoms with van der Waals surface area (Å²) in [4.78, 5) is 40.3. The van der Waals surface area contributed by atoms with Gasteiger partial charge in [-0.2, -0.15) is 12.7 Å². The summed E-state index contributed by atoms with van der Waals surface area (Å²) in [6.07, 6.45) is 4.58. The third-order valence-electron chi connectivity index (χ3n) is 4.36. The number of nitrogens with one attached hydrogen (secondary N) is 3. The van der Waals surface area contributed by atoms with Gasteiger partial charge >= 0.3 is 22.0 Å². The van der Waals surface area contributed by atoms with Crippen molar-refractivity contribution in [3.05, 3.63) is 66.0 Å². The van der Waals surface area contributed by atoms with Gasteiger partial charge in [-0.1, -0.05) is 6.07 Å². The molecule has 0 unspecified atom stereocenters. The summed E-state index contributed by atoms with van der Waals surface area (Å²) < 4.78 is 27.2. The van der Waals surface area contributed by atoms with Gasteiger partial charge in [0.1, 0.15) is 0 Å². The number of hydrogen-bond donors (Lipinski definition) is 3. The number of anilines is 1. The van der Waals surface area contributed by atoms with Crippen LogP contribution in [0.25, 0.3) is 6.08 Å². The fourth-order valence-electron chi connectivity index (χ4n) is 2.75. The molecule has 2 aromatic rings. The largest absolute Gasteiger partial charge is 0.324 e. The first-order chi connectivity index (χ1) is 14.8. The average molecular weight is 443 g/mol. The van der Waals surface area contributed by atoms with Crippen LogP contribution < -0.4 is 15.4 Å². The van der Waals surface area contributed by atoms with Gasteiger partial charge in [0.25, 0.3) is 0 Å². The van der Waals surface area contributed by atoms with Gasteiger partial charge in [0.05, 0.1) is 5.69 Å². The van der Waals surface area contributed by atoms with Crippen LogP contribution >= 0.6 is 0 Å². The summed E-state index contributed by atoms with van der Waals surface area (Å²) >= 11 is 0. The van der Waals surface area contributed by atoms with Crippen LogP contribution in [0.15, 0.2) is 54.7 Å². The molecule has 1 fully saturated rings. The first-order valence-corrected chi connectivity index (χ1v) is 10.9. The molecule has 1 aromatic carbocycles. The van der Waals surface area contributed by atoms with E-state index in [1.807, 2.05) is 0 Å². The maximum absolute atomic E-state index is 12.2. The summed E-state index contributed by atoms with van der Waals surface area (Å²) in [5.74, 6) is -2.69. The van der Waals surface area contributed by atoms with E-state index in [4.69, 9.17) is 0 Å². The molecule has 0 bridgehead atoms. The van der Waals surface area contributed by atoms with Crippen LogP contribution in [0, 0.1) is 0 Å². The van der Waals surface area contributed by atoms with Gasteiger partial charge in [-0.15, -0.1) is 0 Å². The van der Waals surface area contributed by atoms with Crippen molar-refractivity contribution in [2.45, 2.75) is 0 Å². The van der Waals surface area contributed by atoms with Crippen molar-refractivity contribution in [3.63, 3.8) is 0 Å². The Bertz CT molecular complexity index is 1080. The zero-order valence-corrected chi connectivity index (χ0v) is 17.3. The predicted molar refractivity (Wildman–Crippen MR) is 114 cm³/mol. The Morgan fingerprint density at radius 2 is 1.71 bits per heavy atom. The number of piperazine rings is 1. The second-order valence-electron chi connectivity index (χ2n) is 6.57. The molecule has 31 heavy (non-hydrogen) atoms. The Hall–Kier alpha value is -3.41. The molecule has 2 heterocycles. The van der Waals surface area contributed by atoms with Crippen LogP contribution in [0.2, 0.25) is 0 Å². The highest BCUT2D eigenvalue weighted by atomic mass is 32.2. The minimum Gasteiger partial charge on any atom is -0.318 e. The first kappa shape index (κ1) is 22.3.